The lowest BCUT2D eigenvalue weighted by atomic mass is 10.3. The van der Waals surface area contributed by atoms with Crippen molar-refractivity contribution in [3.63, 3.8) is 0 Å². The van der Waals surface area contributed by atoms with Gasteiger partial charge in [0.15, 0.2) is 5.82 Å². The lowest BCUT2D eigenvalue weighted by Crippen LogP contribution is -2.25. The van der Waals surface area contributed by atoms with Crippen LogP contribution < -0.4 is 5.32 Å². The van der Waals surface area contributed by atoms with Gasteiger partial charge in [0.1, 0.15) is 5.82 Å². The highest BCUT2D eigenvalue weighted by atomic mass is 19.1. The molecule has 2 aromatic rings. The summed E-state index contributed by atoms with van der Waals surface area (Å²) >= 11 is 0. The molecule has 0 fully saturated rings. The Morgan fingerprint density at radius 3 is 2.70 bits per heavy atom. The SMILES string of the molecule is CCOC(=O)CCC(=O)NCc1nnnn1-c1ccc(F)cc1. The Hall–Kier alpha value is -2.84. The quantitative estimate of drug-likeness (QED) is 0.756. The van der Waals surface area contributed by atoms with Crippen LogP contribution in [-0.4, -0.2) is 38.7 Å². The molecule has 1 N–H and O–H groups in total. The van der Waals surface area contributed by atoms with Crippen LogP contribution in [0.1, 0.15) is 25.6 Å². The summed E-state index contributed by atoms with van der Waals surface area (Å²) in [5.74, 6) is -0.706. The van der Waals surface area contributed by atoms with E-state index in [0.29, 0.717) is 11.5 Å². The maximum absolute atomic E-state index is 12.9. The number of halogens is 1. The predicted octanol–water partition coefficient (Wildman–Crippen LogP) is 0.761. The molecule has 9 heteroatoms. The minimum Gasteiger partial charge on any atom is -0.466 e. The number of amides is 1. The monoisotopic (exact) mass is 321 g/mol. The average molecular weight is 321 g/mol. The van der Waals surface area contributed by atoms with Gasteiger partial charge in [0, 0.05) is 6.42 Å². The van der Waals surface area contributed by atoms with Crippen LogP contribution >= 0.6 is 0 Å². The lowest BCUT2D eigenvalue weighted by Gasteiger charge is -2.06. The Kier molecular flexibility index (Phi) is 5.73. The van der Waals surface area contributed by atoms with Crippen LogP contribution in [0.3, 0.4) is 0 Å². The average Bonchev–Trinajstić information content (AvgIpc) is 3.00. The molecule has 1 heterocycles. The molecular weight excluding hydrogens is 305 g/mol. The number of esters is 1. The van der Waals surface area contributed by atoms with E-state index in [2.05, 4.69) is 20.8 Å². The van der Waals surface area contributed by atoms with Gasteiger partial charge >= 0.3 is 5.97 Å². The van der Waals surface area contributed by atoms with Crippen molar-refractivity contribution in [3.05, 3.63) is 35.9 Å². The third-order valence-electron chi connectivity index (χ3n) is 2.91. The number of aromatic nitrogens is 4. The Morgan fingerprint density at radius 1 is 1.26 bits per heavy atom. The van der Waals surface area contributed by atoms with Crippen molar-refractivity contribution >= 4 is 11.9 Å². The van der Waals surface area contributed by atoms with E-state index >= 15 is 0 Å². The molecule has 0 unspecified atom stereocenters. The molecule has 0 saturated heterocycles. The zero-order valence-corrected chi connectivity index (χ0v) is 12.5. The molecule has 0 aliphatic carbocycles. The Bertz CT molecular complexity index is 671. The molecule has 8 nitrogen and oxygen atoms in total. The van der Waals surface area contributed by atoms with Gasteiger partial charge in [-0.3, -0.25) is 9.59 Å². The first-order valence-corrected chi connectivity index (χ1v) is 7.05. The van der Waals surface area contributed by atoms with Gasteiger partial charge in [-0.05, 0) is 41.6 Å². The number of hydrogen-bond donors (Lipinski definition) is 1. The fourth-order valence-electron chi connectivity index (χ4n) is 1.81. The summed E-state index contributed by atoms with van der Waals surface area (Å²) in [4.78, 5) is 22.9. The summed E-state index contributed by atoms with van der Waals surface area (Å²) in [5.41, 5.74) is 0.576. The van der Waals surface area contributed by atoms with E-state index in [1.165, 1.54) is 28.9 Å². The highest BCUT2D eigenvalue weighted by molar-refractivity contribution is 5.81. The second-order valence-electron chi connectivity index (χ2n) is 4.57. The summed E-state index contributed by atoms with van der Waals surface area (Å²) in [6.07, 6.45) is 0.0412. The minimum atomic E-state index is -0.418. The van der Waals surface area contributed by atoms with E-state index in [1.54, 1.807) is 6.92 Å². The molecule has 0 spiro atoms. The Morgan fingerprint density at radius 2 is 2.00 bits per heavy atom. The molecule has 0 radical (unpaired) electrons. The van der Waals surface area contributed by atoms with Crippen LogP contribution in [0.25, 0.3) is 5.69 Å². The second-order valence-corrected chi connectivity index (χ2v) is 4.57. The molecule has 1 amide bonds. The topological polar surface area (TPSA) is 99.0 Å². The number of nitrogens with zero attached hydrogens (tertiary/aromatic N) is 4. The van der Waals surface area contributed by atoms with Crippen molar-refractivity contribution in [2.24, 2.45) is 0 Å². The van der Waals surface area contributed by atoms with Crippen molar-refractivity contribution in [3.8, 4) is 5.69 Å². The summed E-state index contributed by atoms with van der Waals surface area (Å²) in [6.45, 7) is 2.08. The van der Waals surface area contributed by atoms with Crippen LogP contribution in [0.2, 0.25) is 0 Å². The van der Waals surface area contributed by atoms with Gasteiger partial charge in [0.05, 0.1) is 25.3 Å². The van der Waals surface area contributed by atoms with Gasteiger partial charge in [-0.2, -0.15) is 4.68 Å². The van der Waals surface area contributed by atoms with Gasteiger partial charge in [-0.1, -0.05) is 0 Å². The molecule has 1 aromatic heterocycles. The normalized spacial score (nSPS) is 10.3. The fourth-order valence-corrected chi connectivity index (χ4v) is 1.81. The van der Waals surface area contributed by atoms with E-state index in [1.807, 2.05) is 0 Å². The number of carbonyl (C=O) groups is 2. The van der Waals surface area contributed by atoms with Gasteiger partial charge in [0.25, 0.3) is 0 Å². The zero-order valence-electron chi connectivity index (χ0n) is 12.5. The highest BCUT2D eigenvalue weighted by Crippen LogP contribution is 2.09. The first kappa shape index (κ1) is 16.5. The van der Waals surface area contributed by atoms with Crippen LogP contribution in [-0.2, 0) is 20.9 Å². The third-order valence-corrected chi connectivity index (χ3v) is 2.91. The van der Waals surface area contributed by atoms with E-state index in [-0.39, 0.29) is 37.7 Å². The molecular formula is C14H16FN5O3. The van der Waals surface area contributed by atoms with E-state index < -0.39 is 5.97 Å². The van der Waals surface area contributed by atoms with Crippen LogP contribution in [0.4, 0.5) is 4.39 Å². The number of carbonyl (C=O) groups excluding carboxylic acids is 2. The van der Waals surface area contributed by atoms with Crippen molar-refractivity contribution in [1.82, 2.24) is 25.5 Å². The Labute approximate surface area is 131 Å². The van der Waals surface area contributed by atoms with Crippen molar-refractivity contribution in [2.45, 2.75) is 26.3 Å². The van der Waals surface area contributed by atoms with E-state index in [4.69, 9.17) is 4.74 Å². The van der Waals surface area contributed by atoms with Crippen LogP contribution in [0.5, 0.6) is 0 Å². The van der Waals surface area contributed by atoms with E-state index in [0.717, 1.165) is 0 Å². The number of ether oxygens (including phenoxy) is 1. The first-order chi connectivity index (χ1) is 11.1. The summed E-state index contributed by atoms with van der Waals surface area (Å²) in [7, 11) is 0. The molecule has 0 saturated carbocycles. The predicted molar refractivity (Wildman–Crippen MR) is 76.8 cm³/mol. The maximum Gasteiger partial charge on any atom is 0.306 e. The van der Waals surface area contributed by atoms with Crippen molar-refractivity contribution < 1.29 is 18.7 Å². The molecule has 0 atom stereocenters. The number of nitrogens with one attached hydrogen (secondary N) is 1. The van der Waals surface area contributed by atoms with Gasteiger partial charge < -0.3 is 10.1 Å². The largest absolute Gasteiger partial charge is 0.466 e. The van der Waals surface area contributed by atoms with Crippen LogP contribution in [0, 0.1) is 5.82 Å². The number of hydrogen-bond acceptors (Lipinski definition) is 6. The molecule has 23 heavy (non-hydrogen) atoms. The maximum atomic E-state index is 12.9. The summed E-state index contributed by atoms with van der Waals surface area (Å²) in [6, 6.07) is 5.63. The molecule has 0 aliphatic heterocycles. The third kappa shape index (κ3) is 4.83. The number of tetrazole rings is 1. The number of rotatable bonds is 7. The molecule has 0 bridgehead atoms. The van der Waals surface area contributed by atoms with Gasteiger partial charge in [-0.25, -0.2) is 4.39 Å². The van der Waals surface area contributed by atoms with Crippen molar-refractivity contribution in [2.75, 3.05) is 6.61 Å². The van der Waals surface area contributed by atoms with Gasteiger partial charge in [-0.15, -0.1) is 5.10 Å². The van der Waals surface area contributed by atoms with E-state index in [9.17, 15) is 14.0 Å². The molecule has 2 rings (SSSR count). The minimum absolute atomic E-state index is 0.0164. The summed E-state index contributed by atoms with van der Waals surface area (Å²) in [5, 5.41) is 13.8. The number of benzene rings is 1. The van der Waals surface area contributed by atoms with Crippen LogP contribution in [0.15, 0.2) is 24.3 Å². The van der Waals surface area contributed by atoms with Crippen molar-refractivity contribution in [1.29, 1.82) is 0 Å². The standard InChI is InChI=1S/C14H16FN5O3/c1-2-23-14(22)8-7-13(21)16-9-12-17-18-19-20(12)11-5-3-10(15)4-6-11/h3-6H,2,7-9H2,1H3,(H,16,21). The molecule has 0 aliphatic rings. The molecule has 1 aromatic carbocycles. The smallest absolute Gasteiger partial charge is 0.306 e. The Balaban J connectivity index is 1.89. The fraction of sp³-hybridized carbons (Fsp3) is 0.357. The summed E-state index contributed by atoms with van der Waals surface area (Å²) < 4.78 is 19.1. The zero-order chi connectivity index (χ0) is 16.7. The second kappa shape index (κ2) is 7.97. The highest BCUT2D eigenvalue weighted by Gasteiger charge is 2.11. The first-order valence-electron chi connectivity index (χ1n) is 7.05. The lowest BCUT2D eigenvalue weighted by molar-refractivity contribution is -0.144. The molecule has 122 valence electrons. The van der Waals surface area contributed by atoms with Gasteiger partial charge in [0.2, 0.25) is 5.91 Å².